The number of rotatable bonds is 9. The Hall–Kier alpha value is -2.32. The Morgan fingerprint density at radius 2 is 1.67 bits per heavy atom. The molecule has 1 aromatic rings. The number of benzene rings is 1. The number of aliphatic hydroxyl groups excluding tert-OH is 2. The molecule has 0 fully saturated rings. The second-order valence-corrected chi connectivity index (χ2v) is 7.03. The van der Waals surface area contributed by atoms with Crippen molar-refractivity contribution in [1.82, 2.24) is 5.32 Å². The molecule has 0 heterocycles. The van der Waals surface area contributed by atoms with E-state index < -0.39 is 23.7 Å². The van der Waals surface area contributed by atoms with Crippen LogP contribution < -0.4 is 10.2 Å². The molecular formula is C19H30N2O6. The highest BCUT2D eigenvalue weighted by Gasteiger charge is 2.25. The van der Waals surface area contributed by atoms with Crippen molar-refractivity contribution in [1.29, 1.82) is 0 Å². The van der Waals surface area contributed by atoms with Gasteiger partial charge in [0.1, 0.15) is 11.6 Å². The summed E-state index contributed by atoms with van der Waals surface area (Å²) >= 11 is 0. The minimum absolute atomic E-state index is 0.0219. The van der Waals surface area contributed by atoms with Crippen LogP contribution in [-0.4, -0.2) is 67.3 Å². The highest BCUT2D eigenvalue weighted by molar-refractivity contribution is 5.81. The van der Waals surface area contributed by atoms with E-state index in [0.29, 0.717) is 13.1 Å². The van der Waals surface area contributed by atoms with Gasteiger partial charge in [0, 0.05) is 25.2 Å². The summed E-state index contributed by atoms with van der Waals surface area (Å²) in [6.45, 7) is 5.99. The van der Waals surface area contributed by atoms with Crippen LogP contribution in [0.5, 0.6) is 0 Å². The molecule has 8 heteroatoms. The predicted octanol–water partition coefficient (Wildman–Crippen LogP) is 1.09. The van der Waals surface area contributed by atoms with Crippen LogP contribution in [0.15, 0.2) is 24.3 Å². The Balaban J connectivity index is 2.83. The number of hydrogen-bond donors (Lipinski definition) is 3. The van der Waals surface area contributed by atoms with Crippen LogP contribution in [0.2, 0.25) is 0 Å². The molecule has 0 aliphatic rings. The third kappa shape index (κ3) is 8.27. The Bertz CT molecular complexity index is 591. The van der Waals surface area contributed by atoms with Crippen molar-refractivity contribution in [3.05, 3.63) is 29.8 Å². The molecule has 0 radical (unpaired) electrons. The second-order valence-electron chi connectivity index (χ2n) is 7.03. The third-order valence-corrected chi connectivity index (χ3v) is 3.66. The van der Waals surface area contributed by atoms with E-state index >= 15 is 0 Å². The van der Waals surface area contributed by atoms with E-state index in [4.69, 9.17) is 19.7 Å². The Labute approximate surface area is 160 Å². The summed E-state index contributed by atoms with van der Waals surface area (Å²) in [6, 6.07) is 6.44. The molecule has 0 saturated carbocycles. The van der Waals surface area contributed by atoms with E-state index in [0.717, 1.165) is 11.3 Å². The van der Waals surface area contributed by atoms with Gasteiger partial charge in [0.2, 0.25) is 0 Å². The zero-order valence-electron chi connectivity index (χ0n) is 16.4. The van der Waals surface area contributed by atoms with Gasteiger partial charge in [-0.2, -0.15) is 0 Å². The number of esters is 1. The minimum atomic E-state index is -0.873. The molecule has 1 rings (SSSR count). The Morgan fingerprint density at radius 3 is 2.11 bits per heavy atom. The standard InChI is InChI=1S/C19H30N2O6/c1-19(2,3)27-18(25)20-16(17(24)26-4)13-14-5-7-15(8-6-14)21(9-11-22)10-12-23/h5-8,16,22-23H,9-13H2,1-4H3,(H,20,25). The number of carbonyl (C=O) groups is 2. The summed E-state index contributed by atoms with van der Waals surface area (Å²) in [7, 11) is 1.26. The fourth-order valence-corrected chi connectivity index (χ4v) is 2.48. The molecule has 1 atom stereocenters. The molecular weight excluding hydrogens is 352 g/mol. The molecule has 0 aliphatic carbocycles. The number of carbonyl (C=O) groups excluding carboxylic acids is 2. The molecule has 1 unspecified atom stereocenters. The maximum atomic E-state index is 12.0. The number of anilines is 1. The maximum absolute atomic E-state index is 12.0. The number of aliphatic hydroxyl groups is 2. The summed E-state index contributed by atoms with van der Waals surface area (Å²) in [6.07, 6.45) is -0.446. The van der Waals surface area contributed by atoms with Crippen molar-refractivity contribution < 1.29 is 29.3 Å². The van der Waals surface area contributed by atoms with Gasteiger partial charge < -0.3 is 29.9 Å². The lowest BCUT2D eigenvalue weighted by molar-refractivity contribution is -0.143. The predicted molar refractivity (Wildman–Crippen MR) is 102 cm³/mol. The van der Waals surface area contributed by atoms with Crippen LogP contribution in [0, 0.1) is 0 Å². The monoisotopic (exact) mass is 382 g/mol. The molecule has 0 spiro atoms. The van der Waals surface area contributed by atoms with Crippen LogP contribution in [-0.2, 0) is 20.7 Å². The van der Waals surface area contributed by atoms with Crippen molar-refractivity contribution in [3.63, 3.8) is 0 Å². The lowest BCUT2D eigenvalue weighted by atomic mass is 10.1. The van der Waals surface area contributed by atoms with Gasteiger partial charge in [-0.25, -0.2) is 9.59 Å². The van der Waals surface area contributed by atoms with Crippen molar-refractivity contribution in [2.75, 3.05) is 38.3 Å². The number of alkyl carbamates (subject to hydrolysis) is 1. The smallest absolute Gasteiger partial charge is 0.408 e. The van der Waals surface area contributed by atoms with Crippen LogP contribution in [0.25, 0.3) is 0 Å². The number of nitrogens with zero attached hydrogens (tertiary/aromatic N) is 1. The first kappa shape index (κ1) is 22.7. The van der Waals surface area contributed by atoms with Crippen molar-refractivity contribution in [2.45, 2.75) is 38.8 Å². The first-order valence-electron chi connectivity index (χ1n) is 8.83. The largest absolute Gasteiger partial charge is 0.467 e. The van der Waals surface area contributed by atoms with E-state index in [-0.39, 0.29) is 19.6 Å². The summed E-state index contributed by atoms with van der Waals surface area (Å²) in [4.78, 5) is 25.8. The molecule has 3 N–H and O–H groups in total. The fraction of sp³-hybridized carbons (Fsp3) is 0.579. The maximum Gasteiger partial charge on any atom is 0.408 e. The summed E-state index contributed by atoms with van der Waals surface area (Å²) in [5, 5.41) is 20.8. The molecule has 1 amide bonds. The van der Waals surface area contributed by atoms with Crippen LogP contribution >= 0.6 is 0 Å². The summed E-state index contributed by atoms with van der Waals surface area (Å²) in [5.74, 6) is -0.563. The number of hydrogen-bond acceptors (Lipinski definition) is 7. The number of ether oxygens (including phenoxy) is 2. The third-order valence-electron chi connectivity index (χ3n) is 3.66. The van der Waals surface area contributed by atoms with Gasteiger partial charge in [-0.15, -0.1) is 0 Å². The van der Waals surface area contributed by atoms with E-state index in [9.17, 15) is 9.59 Å². The van der Waals surface area contributed by atoms with Gasteiger partial charge in [-0.1, -0.05) is 12.1 Å². The van der Waals surface area contributed by atoms with Gasteiger partial charge in [0.15, 0.2) is 0 Å². The normalized spacial score (nSPS) is 12.2. The lowest BCUT2D eigenvalue weighted by Crippen LogP contribution is -2.45. The van der Waals surface area contributed by atoms with Crippen molar-refractivity contribution in [3.8, 4) is 0 Å². The van der Waals surface area contributed by atoms with E-state index in [1.807, 2.05) is 29.2 Å². The highest BCUT2D eigenvalue weighted by atomic mass is 16.6. The molecule has 1 aromatic carbocycles. The molecule has 0 aromatic heterocycles. The molecule has 0 saturated heterocycles. The average Bonchev–Trinajstić information content (AvgIpc) is 2.59. The van der Waals surface area contributed by atoms with Crippen LogP contribution in [0.3, 0.4) is 0 Å². The molecule has 8 nitrogen and oxygen atoms in total. The molecule has 0 bridgehead atoms. The first-order chi connectivity index (χ1) is 12.7. The zero-order chi connectivity index (χ0) is 20.4. The Kier molecular flexibility index (Phi) is 9.04. The summed E-state index contributed by atoms with van der Waals surface area (Å²) in [5.41, 5.74) is 0.990. The molecule has 0 aliphatic heterocycles. The SMILES string of the molecule is COC(=O)C(Cc1ccc(N(CCO)CCO)cc1)NC(=O)OC(C)(C)C. The summed E-state index contributed by atoms with van der Waals surface area (Å²) < 4.78 is 9.96. The van der Waals surface area contributed by atoms with Crippen LogP contribution in [0.4, 0.5) is 10.5 Å². The van der Waals surface area contributed by atoms with Gasteiger partial charge in [0.05, 0.1) is 20.3 Å². The van der Waals surface area contributed by atoms with E-state index in [1.54, 1.807) is 20.8 Å². The van der Waals surface area contributed by atoms with Gasteiger partial charge in [-0.3, -0.25) is 0 Å². The quantitative estimate of drug-likeness (QED) is 0.549. The Morgan fingerprint density at radius 1 is 1.11 bits per heavy atom. The zero-order valence-corrected chi connectivity index (χ0v) is 16.4. The van der Waals surface area contributed by atoms with Crippen molar-refractivity contribution in [2.24, 2.45) is 0 Å². The van der Waals surface area contributed by atoms with Gasteiger partial charge >= 0.3 is 12.1 Å². The second kappa shape index (κ2) is 10.7. The minimum Gasteiger partial charge on any atom is -0.467 e. The van der Waals surface area contributed by atoms with E-state index in [2.05, 4.69) is 5.32 Å². The topological polar surface area (TPSA) is 108 Å². The van der Waals surface area contributed by atoms with Gasteiger partial charge in [0.25, 0.3) is 0 Å². The number of amides is 1. The van der Waals surface area contributed by atoms with E-state index in [1.165, 1.54) is 7.11 Å². The molecule has 152 valence electrons. The number of methoxy groups -OCH3 is 1. The fourth-order valence-electron chi connectivity index (χ4n) is 2.48. The first-order valence-corrected chi connectivity index (χ1v) is 8.83. The van der Waals surface area contributed by atoms with Crippen molar-refractivity contribution >= 4 is 17.7 Å². The van der Waals surface area contributed by atoms with Crippen LogP contribution in [0.1, 0.15) is 26.3 Å². The molecule has 27 heavy (non-hydrogen) atoms. The average molecular weight is 382 g/mol. The van der Waals surface area contributed by atoms with Gasteiger partial charge in [-0.05, 0) is 38.5 Å². The lowest BCUT2D eigenvalue weighted by Gasteiger charge is -2.24. The highest BCUT2D eigenvalue weighted by Crippen LogP contribution is 2.16. The number of nitrogens with one attached hydrogen (secondary N) is 1.